The predicted molar refractivity (Wildman–Crippen MR) is 33.9 cm³/mol. The Morgan fingerprint density at radius 3 is 2.20 bits per heavy atom. The first-order valence-electron chi connectivity index (χ1n) is 2.31. The highest BCUT2D eigenvalue weighted by molar-refractivity contribution is 7.30. The molecule has 0 unspecified atom stereocenters. The van der Waals surface area contributed by atoms with Gasteiger partial charge in [-0.25, -0.2) is 4.79 Å². The Balaban J connectivity index is 0. The topological polar surface area (TPSA) is 83.8 Å². The predicted octanol–water partition coefficient (Wildman–Crippen LogP) is -0.00340. The first-order valence-corrected chi connectivity index (χ1v) is 3.47. The highest BCUT2D eigenvalue weighted by atomic mass is 31.1. The second-order valence-corrected chi connectivity index (χ2v) is 1.45. The molecule has 0 aliphatic rings. The minimum Gasteiger partial charge on any atom is -0.490 e. The van der Waals surface area contributed by atoms with Crippen molar-refractivity contribution in [3.05, 3.63) is 6.26 Å². The molecule has 0 aromatic rings. The number of hydrogen-bond donors (Lipinski definition) is 2. The lowest BCUT2D eigenvalue weighted by Gasteiger charge is -1.82. The van der Waals surface area contributed by atoms with Gasteiger partial charge in [0.2, 0.25) is 0 Å². The maximum absolute atomic E-state index is 9.26. The Kier molecular flexibility index (Phi) is 13.3. The molecule has 0 aromatic heterocycles. The number of rotatable bonds is 2. The summed E-state index contributed by atoms with van der Waals surface area (Å²) < 4.78 is 13.1. The lowest BCUT2D eigenvalue weighted by Crippen LogP contribution is -1.74. The summed E-state index contributed by atoms with van der Waals surface area (Å²) in [7, 11) is -2.87. The third-order valence-electron chi connectivity index (χ3n) is 0.298. The van der Waals surface area contributed by atoms with Gasteiger partial charge in [0, 0.05) is 4.57 Å². The van der Waals surface area contributed by atoms with Gasteiger partial charge in [-0.15, -0.1) is 9.79 Å². The van der Waals surface area contributed by atoms with Crippen LogP contribution >= 0.6 is 8.25 Å². The van der Waals surface area contributed by atoms with Gasteiger partial charge in [-0.05, 0) is 6.92 Å². The van der Waals surface area contributed by atoms with Crippen LogP contribution in [-0.4, -0.2) is 22.3 Å². The van der Waals surface area contributed by atoms with Gasteiger partial charge in [0.05, 0.1) is 6.61 Å². The highest BCUT2D eigenvalue weighted by Crippen LogP contribution is 1.98. The molecular weight excluding hydrogens is 159 g/mol. The fourth-order valence-electron chi connectivity index (χ4n) is 0.117. The Labute approximate surface area is 58.9 Å². The molecule has 0 aliphatic carbocycles. The van der Waals surface area contributed by atoms with Crippen molar-refractivity contribution in [3.63, 3.8) is 0 Å². The van der Waals surface area contributed by atoms with Gasteiger partial charge in [0.15, 0.2) is 12.2 Å². The van der Waals surface area contributed by atoms with Crippen molar-refractivity contribution in [2.45, 2.75) is 6.92 Å². The molecule has 6 heteroatoms. The third-order valence-corrected chi connectivity index (χ3v) is 0.298. The Morgan fingerprint density at radius 2 is 2.10 bits per heavy atom. The molecule has 0 rings (SSSR count). The van der Waals surface area contributed by atoms with Crippen molar-refractivity contribution in [3.8, 4) is 0 Å². The first-order chi connectivity index (χ1) is 4.65. The molecule has 0 atom stereocenters. The Morgan fingerprint density at radius 1 is 1.70 bits per heavy atom. The maximum atomic E-state index is 9.26. The molecular formula is C4H8O5P+. The van der Waals surface area contributed by atoms with Crippen LogP contribution in [0.15, 0.2) is 6.26 Å². The molecule has 0 saturated heterocycles. The van der Waals surface area contributed by atoms with E-state index in [0.717, 1.165) is 6.26 Å². The second-order valence-electron chi connectivity index (χ2n) is 0.944. The summed E-state index contributed by atoms with van der Waals surface area (Å²) in [6.45, 7) is 2.34. The summed E-state index contributed by atoms with van der Waals surface area (Å²) >= 11 is 0. The van der Waals surface area contributed by atoms with E-state index in [9.17, 15) is 4.79 Å². The van der Waals surface area contributed by atoms with E-state index in [1.54, 1.807) is 6.92 Å². The van der Waals surface area contributed by atoms with Crippen LogP contribution in [-0.2, 0) is 14.1 Å². The van der Waals surface area contributed by atoms with Crippen LogP contribution in [0.3, 0.4) is 0 Å². The van der Waals surface area contributed by atoms with Gasteiger partial charge >= 0.3 is 8.25 Å². The van der Waals surface area contributed by atoms with Crippen molar-refractivity contribution < 1.29 is 23.9 Å². The van der Waals surface area contributed by atoms with Crippen LogP contribution in [0.25, 0.3) is 0 Å². The fourth-order valence-corrected chi connectivity index (χ4v) is 0.117. The largest absolute Gasteiger partial charge is 0.692 e. The van der Waals surface area contributed by atoms with Crippen LogP contribution in [0.4, 0.5) is 0 Å². The normalized spacial score (nSPS) is 6.30. The number of hydrogen-bond acceptors (Lipinski definition) is 3. The minimum absolute atomic E-state index is 0.537. The van der Waals surface area contributed by atoms with E-state index < -0.39 is 8.25 Å². The van der Waals surface area contributed by atoms with Crippen LogP contribution in [0.2, 0.25) is 0 Å². The summed E-state index contributed by atoms with van der Waals surface area (Å²) in [5, 5.41) is 0. The van der Waals surface area contributed by atoms with E-state index in [4.69, 9.17) is 14.4 Å². The number of carbonyl (C=O) groups excluding carboxylic acids is 1. The van der Waals surface area contributed by atoms with E-state index in [1.807, 2.05) is 0 Å². The van der Waals surface area contributed by atoms with Crippen molar-refractivity contribution in [2.75, 3.05) is 6.61 Å². The summed E-state index contributed by atoms with van der Waals surface area (Å²) in [5.74, 6) is 1.47. The summed E-state index contributed by atoms with van der Waals surface area (Å²) in [4.78, 5) is 23.5. The van der Waals surface area contributed by atoms with Crippen LogP contribution in [0.1, 0.15) is 6.92 Å². The zero-order chi connectivity index (χ0) is 8.41. The van der Waals surface area contributed by atoms with Crippen molar-refractivity contribution in [1.82, 2.24) is 0 Å². The molecule has 10 heavy (non-hydrogen) atoms. The van der Waals surface area contributed by atoms with Crippen molar-refractivity contribution >= 4 is 14.2 Å². The van der Waals surface area contributed by atoms with E-state index in [1.165, 1.54) is 5.94 Å². The number of ether oxygens (including phenoxy) is 1. The SMILES string of the molecule is CCOC=C=O.O=[P+](O)O. The monoisotopic (exact) mass is 167 g/mol. The van der Waals surface area contributed by atoms with E-state index >= 15 is 0 Å². The van der Waals surface area contributed by atoms with Crippen LogP contribution in [0, 0.1) is 0 Å². The average Bonchev–Trinajstić information content (AvgIpc) is 1.82. The summed E-state index contributed by atoms with van der Waals surface area (Å²) in [6.07, 6.45) is 1.00. The first kappa shape index (κ1) is 12.0. The Bertz CT molecular complexity index is 124. The third kappa shape index (κ3) is 55.5. The van der Waals surface area contributed by atoms with Gasteiger partial charge in [0.1, 0.15) is 0 Å². The molecule has 0 spiro atoms. The molecule has 0 bridgehead atoms. The molecule has 0 aliphatic heterocycles. The van der Waals surface area contributed by atoms with E-state index in [0.29, 0.717) is 6.61 Å². The van der Waals surface area contributed by atoms with E-state index in [2.05, 4.69) is 4.74 Å². The van der Waals surface area contributed by atoms with Crippen LogP contribution in [0.5, 0.6) is 0 Å². The van der Waals surface area contributed by atoms with E-state index in [-0.39, 0.29) is 0 Å². The molecule has 0 amide bonds. The zero-order valence-corrected chi connectivity index (χ0v) is 6.25. The van der Waals surface area contributed by atoms with Gasteiger partial charge < -0.3 is 4.74 Å². The summed E-state index contributed by atoms with van der Waals surface area (Å²) in [5.41, 5.74) is 0. The molecule has 5 nitrogen and oxygen atoms in total. The molecule has 0 heterocycles. The average molecular weight is 167 g/mol. The smallest absolute Gasteiger partial charge is 0.490 e. The fraction of sp³-hybridized carbons (Fsp3) is 0.500. The zero-order valence-electron chi connectivity index (χ0n) is 5.35. The molecule has 0 radical (unpaired) electrons. The maximum Gasteiger partial charge on any atom is 0.692 e. The quantitative estimate of drug-likeness (QED) is 0.343. The molecule has 58 valence electrons. The molecule has 0 aromatic carbocycles. The van der Waals surface area contributed by atoms with Gasteiger partial charge in [0.25, 0.3) is 0 Å². The summed E-state index contributed by atoms with van der Waals surface area (Å²) in [6, 6.07) is 0. The molecule has 0 fully saturated rings. The molecule has 0 saturated carbocycles. The standard InChI is InChI=1S/C4H6O2.HO3P/c1-2-6-4-3-5;1-4(2)3/h4H,2H2,1H3;(H-,1,2,3)/p+1. The van der Waals surface area contributed by atoms with Crippen molar-refractivity contribution in [2.24, 2.45) is 0 Å². The van der Waals surface area contributed by atoms with Gasteiger partial charge in [-0.1, -0.05) is 0 Å². The lowest BCUT2D eigenvalue weighted by atomic mass is 10.9. The second kappa shape index (κ2) is 11.1. The van der Waals surface area contributed by atoms with Crippen LogP contribution < -0.4 is 0 Å². The molecule has 2 N–H and O–H groups in total. The Hall–Kier alpha value is -0.730. The lowest BCUT2D eigenvalue weighted by molar-refractivity contribution is 0.271. The van der Waals surface area contributed by atoms with Gasteiger partial charge in [-0.3, -0.25) is 0 Å². The minimum atomic E-state index is -2.87. The highest BCUT2D eigenvalue weighted by Gasteiger charge is 1.93. The van der Waals surface area contributed by atoms with Crippen molar-refractivity contribution in [1.29, 1.82) is 0 Å². The van der Waals surface area contributed by atoms with Gasteiger partial charge in [-0.2, -0.15) is 0 Å².